The number of carbonyl (C=O) groups excluding carboxylic acids is 1. The number of nitrogens with zero attached hydrogens (tertiary/aromatic N) is 5. The molecule has 0 radical (unpaired) electrons. The van der Waals surface area contributed by atoms with Crippen molar-refractivity contribution in [3.63, 3.8) is 0 Å². The molecule has 1 aliphatic rings. The number of anilines is 1. The van der Waals surface area contributed by atoms with Crippen molar-refractivity contribution in [1.82, 2.24) is 25.1 Å². The van der Waals surface area contributed by atoms with Crippen LogP contribution in [-0.4, -0.2) is 44.8 Å². The average molecular weight is 326 g/mol. The highest BCUT2D eigenvalue weighted by Crippen LogP contribution is 2.19. The van der Waals surface area contributed by atoms with Crippen LogP contribution in [0, 0.1) is 13.8 Å². The second-order valence-electron chi connectivity index (χ2n) is 6.06. The monoisotopic (exact) mass is 326 g/mol. The Hall–Kier alpha value is -2.90. The Morgan fingerprint density at radius 2 is 2.25 bits per heavy atom. The number of fused-ring (bicyclic) bond motifs is 1. The molecule has 1 aliphatic heterocycles. The molecule has 0 saturated carbocycles. The van der Waals surface area contributed by atoms with Gasteiger partial charge in [0, 0.05) is 19.1 Å². The predicted octanol–water partition coefficient (Wildman–Crippen LogP) is 1.34. The second kappa shape index (κ2) is 5.63. The van der Waals surface area contributed by atoms with Crippen molar-refractivity contribution in [2.75, 3.05) is 18.0 Å². The molecule has 8 nitrogen and oxygen atoms in total. The van der Waals surface area contributed by atoms with Crippen molar-refractivity contribution in [3.8, 4) is 0 Å². The number of furan rings is 1. The van der Waals surface area contributed by atoms with E-state index in [1.54, 1.807) is 23.8 Å². The molecule has 1 amide bonds. The molecular weight excluding hydrogens is 308 g/mol. The fourth-order valence-corrected chi connectivity index (χ4v) is 3.09. The molecule has 1 saturated heterocycles. The van der Waals surface area contributed by atoms with Gasteiger partial charge >= 0.3 is 0 Å². The molecule has 0 aromatic carbocycles. The Balaban J connectivity index is 1.44. The topological polar surface area (TPSA) is 88.6 Å². The fourth-order valence-electron chi connectivity index (χ4n) is 3.09. The van der Waals surface area contributed by atoms with Crippen LogP contribution in [0.1, 0.15) is 28.3 Å². The molecule has 1 fully saturated rings. The van der Waals surface area contributed by atoms with E-state index in [9.17, 15) is 4.79 Å². The quantitative estimate of drug-likeness (QED) is 0.781. The third-order valence-electron chi connectivity index (χ3n) is 4.28. The van der Waals surface area contributed by atoms with Crippen LogP contribution in [-0.2, 0) is 0 Å². The number of aromatic nitrogens is 4. The molecule has 3 aromatic rings. The Kier molecular flexibility index (Phi) is 3.44. The molecule has 0 aliphatic carbocycles. The molecule has 3 aromatic heterocycles. The second-order valence-corrected chi connectivity index (χ2v) is 6.06. The number of nitrogens with one attached hydrogen (secondary N) is 1. The zero-order valence-corrected chi connectivity index (χ0v) is 13.6. The maximum atomic E-state index is 12.4. The largest absolute Gasteiger partial charge is 0.466 e. The van der Waals surface area contributed by atoms with Crippen LogP contribution in [0.4, 0.5) is 5.82 Å². The summed E-state index contributed by atoms with van der Waals surface area (Å²) in [6.45, 7) is 5.21. The zero-order chi connectivity index (χ0) is 16.7. The molecule has 4 heterocycles. The lowest BCUT2D eigenvalue weighted by atomic mass is 10.2. The summed E-state index contributed by atoms with van der Waals surface area (Å²) in [5, 5.41) is 15.4. The van der Waals surface area contributed by atoms with Crippen LogP contribution in [0.2, 0.25) is 0 Å². The highest BCUT2D eigenvalue weighted by atomic mass is 16.3. The van der Waals surface area contributed by atoms with E-state index in [0.717, 1.165) is 31.1 Å². The Bertz CT molecular complexity index is 899. The van der Waals surface area contributed by atoms with Crippen LogP contribution in [0.3, 0.4) is 0 Å². The summed E-state index contributed by atoms with van der Waals surface area (Å²) in [4.78, 5) is 14.5. The first kappa shape index (κ1) is 14.7. The molecular formula is C16H18N6O2. The molecule has 24 heavy (non-hydrogen) atoms. The van der Waals surface area contributed by atoms with Gasteiger partial charge in [-0.15, -0.1) is 15.3 Å². The summed E-state index contributed by atoms with van der Waals surface area (Å²) >= 11 is 0. The summed E-state index contributed by atoms with van der Waals surface area (Å²) < 4.78 is 7.08. The first-order valence-electron chi connectivity index (χ1n) is 7.90. The number of amides is 1. The van der Waals surface area contributed by atoms with Gasteiger partial charge in [-0.3, -0.25) is 4.79 Å². The third kappa shape index (κ3) is 2.60. The van der Waals surface area contributed by atoms with Gasteiger partial charge in [0.25, 0.3) is 5.91 Å². The van der Waals surface area contributed by atoms with Gasteiger partial charge in [0.2, 0.25) is 0 Å². The minimum absolute atomic E-state index is 0.0848. The molecule has 0 spiro atoms. The molecule has 0 bridgehead atoms. The van der Waals surface area contributed by atoms with E-state index < -0.39 is 0 Å². The molecule has 0 unspecified atom stereocenters. The summed E-state index contributed by atoms with van der Waals surface area (Å²) in [7, 11) is 0. The van der Waals surface area contributed by atoms with Crippen molar-refractivity contribution in [2.45, 2.75) is 26.3 Å². The normalized spacial score (nSPS) is 17.6. The minimum atomic E-state index is -0.0848. The summed E-state index contributed by atoms with van der Waals surface area (Å²) in [5.74, 6) is 2.17. The van der Waals surface area contributed by atoms with Crippen LogP contribution in [0.25, 0.3) is 5.65 Å². The standard InChI is InChI=1S/C16H18N6O2/c1-10-7-13(11(2)24-10)16(23)18-12-5-6-21(8-12)15-4-3-14-19-17-9-22(14)20-15/h3-4,7,9,12H,5-6,8H2,1-2H3,(H,18,23)/t12-/m0/s1. The lowest BCUT2D eigenvalue weighted by Crippen LogP contribution is -2.37. The van der Waals surface area contributed by atoms with Crippen LogP contribution in [0.15, 0.2) is 28.9 Å². The number of hydrogen-bond acceptors (Lipinski definition) is 6. The molecule has 4 rings (SSSR count). The first-order valence-corrected chi connectivity index (χ1v) is 7.90. The number of rotatable bonds is 3. The lowest BCUT2D eigenvalue weighted by Gasteiger charge is -2.17. The van der Waals surface area contributed by atoms with E-state index in [4.69, 9.17) is 4.42 Å². The maximum Gasteiger partial charge on any atom is 0.255 e. The SMILES string of the molecule is Cc1cc(C(=O)N[C@H]2CCN(c3ccc4nncn4n3)C2)c(C)o1. The fraction of sp³-hybridized carbons (Fsp3) is 0.375. The number of hydrogen-bond donors (Lipinski definition) is 1. The van der Waals surface area contributed by atoms with E-state index in [1.807, 2.05) is 19.1 Å². The third-order valence-corrected chi connectivity index (χ3v) is 4.28. The van der Waals surface area contributed by atoms with Gasteiger partial charge in [0.05, 0.1) is 5.56 Å². The Morgan fingerprint density at radius 1 is 1.38 bits per heavy atom. The Morgan fingerprint density at radius 3 is 3.04 bits per heavy atom. The minimum Gasteiger partial charge on any atom is -0.466 e. The van der Waals surface area contributed by atoms with Crippen LogP contribution in [0.5, 0.6) is 0 Å². The van der Waals surface area contributed by atoms with Crippen LogP contribution >= 0.6 is 0 Å². The van der Waals surface area contributed by atoms with Gasteiger partial charge in [0.15, 0.2) is 5.65 Å². The van der Waals surface area contributed by atoms with Crippen molar-refractivity contribution in [3.05, 3.63) is 41.6 Å². The van der Waals surface area contributed by atoms with Gasteiger partial charge in [-0.05, 0) is 38.5 Å². The summed E-state index contributed by atoms with van der Waals surface area (Å²) in [6.07, 6.45) is 2.46. The lowest BCUT2D eigenvalue weighted by molar-refractivity contribution is 0.0939. The molecule has 1 atom stereocenters. The Labute approximate surface area is 138 Å². The first-order chi connectivity index (χ1) is 11.6. The van der Waals surface area contributed by atoms with Crippen molar-refractivity contribution >= 4 is 17.4 Å². The smallest absolute Gasteiger partial charge is 0.255 e. The van der Waals surface area contributed by atoms with E-state index >= 15 is 0 Å². The van der Waals surface area contributed by atoms with E-state index in [-0.39, 0.29) is 11.9 Å². The summed E-state index contributed by atoms with van der Waals surface area (Å²) in [5.41, 5.74) is 1.32. The molecule has 8 heteroatoms. The average Bonchev–Trinajstić information content (AvgIpc) is 3.26. The van der Waals surface area contributed by atoms with E-state index in [0.29, 0.717) is 17.0 Å². The van der Waals surface area contributed by atoms with E-state index in [1.165, 1.54) is 0 Å². The highest BCUT2D eigenvalue weighted by molar-refractivity contribution is 5.95. The summed E-state index contributed by atoms with van der Waals surface area (Å²) in [6, 6.07) is 5.68. The zero-order valence-electron chi connectivity index (χ0n) is 13.6. The number of carbonyl (C=O) groups is 1. The predicted molar refractivity (Wildman–Crippen MR) is 87.0 cm³/mol. The van der Waals surface area contributed by atoms with Crippen LogP contribution < -0.4 is 10.2 Å². The highest BCUT2D eigenvalue weighted by Gasteiger charge is 2.26. The van der Waals surface area contributed by atoms with Crippen molar-refractivity contribution in [2.24, 2.45) is 0 Å². The van der Waals surface area contributed by atoms with Gasteiger partial charge in [-0.1, -0.05) is 0 Å². The van der Waals surface area contributed by atoms with Crippen molar-refractivity contribution in [1.29, 1.82) is 0 Å². The van der Waals surface area contributed by atoms with Crippen molar-refractivity contribution < 1.29 is 9.21 Å². The maximum absolute atomic E-state index is 12.4. The van der Waals surface area contributed by atoms with Gasteiger partial charge in [-0.2, -0.15) is 4.52 Å². The van der Waals surface area contributed by atoms with Gasteiger partial charge in [-0.25, -0.2) is 0 Å². The molecule has 124 valence electrons. The van der Waals surface area contributed by atoms with Gasteiger partial charge < -0.3 is 14.6 Å². The van der Waals surface area contributed by atoms with Gasteiger partial charge in [0.1, 0.15) is 23.7 Å². The molecule has 1 N–H and O–H groups in total. The van der Waals surface area contributed by atoms with E-state index in [2.05, 4.69) is 25.5 Å². The number of aryl methyl sites for hydroxylation is 2.